The Bertz CT molecular complexity index is 1080. The van der Waals surface area contributed by atoms with Gasteiger partial charge in [0.1, 0.15) is 11.5 Å². The monoisotopic (exact) mass is 390 g/mol. The molecule has 3 aromatic rings. The molecule has 1 fully saturated rings. The lowest BCUT2D eigenvalue weighted by atomic mass is 10.1. The molecule has 1 saturated heterocycles. The molecule has 29 heavy (non-hydrogen) atoms. The van der Waals surface area contributed by atoms with E-state index in [-0.39, 0.29) is 29.5 Å². The van der Waals surface area contributed by atoms with Crippen molar-refractivity contribution in [2.45, 2.75) is 18.6 Å². The number of carbonyl (C=O) groups excluding carboxylic acids is 2. The van der Waals surface area contributed by atoms with Crippen LogP contribution in [-0.2, 0) is 6.54 Å². The Morgan fingerprint density at radius 3 is 2.62 bits per heavy atom. The molecular formula is C22H19FN4O2. The van der Waals surface area contributed by atoms with E-state index in [0.29, 0.717) is 25.3 Å². The summed E-state index contributed by atoms with van der Waals surface area (Å²) < 4.78 is 16.1. The number of likely N-dealkylation sites (tertiary alicyclic amines) is 1. The molecule has 7 heteroatoms. The van der Waals surface area contributed by atoms with Crippen molar-refractivity contribution < 1.29 is 14.0 Å². The summed E-state index contributed by atoms with van der Waals surface area (Å²) in [5.41, 5.74) is 1.45. The van der Waals surface area contributed by atoms with E-state index in [1.807, 2.05) is 35.0 Å². The molecule has 2 atom stereocenters. The second-order valence-electron chi connectivity index (χ2n) is 7.38. The number of nitrogens with zero attached hydrogens (tertiary/aromatic N) is 4. The van der Waals surface area contributed by atoms with Crippen LogP contribution in [-0.4, -0.2) is 50.3 Å². The van der Waals surface area contributed by atoms with Crippen LogP contribution in [0.4, 0.5) is 4.39 Å². The number of pyridine rings is 1. The van der Waals surface area contributed by atoms with Crippen LogP contribution in [0.25, 0.3) is 0 Å². The first-order valence-electron chi connectivity index (χ1n) is 9.55. The third-order valence-electron chi connectivity index (χ3n) is 5.73. The molecule has 5 rings (SSSR count). The summed E-state index contributed by atoms with van der Waals surface area (Å²) in [5, 5.41) is 0. The van der Waals surface area contributed by atoms with E-state index >= 15 is 0 Å². The second-order valence-corrected chi connectivity index (χ2v) is 7.38. The lowest BCUT2D eigenvalue weighted by Crippen LogP contribution is -2.50. The van der Waals surface area contributed by atoms with Gasteiger partial charge in [0, 0.05) is 25.5 Å². The molecular weight excluding hydrogens is 371 g/mol. The highest BCUT2D eigenvalue weighted by atomic mass is 19.1. The maximum atomic E-state index is 14.2. The lowest BCUT2D eigenvalue weighted by molar-refractivity contribution is 0.0547. The number of benzene rings is 1. The van der Waals surface area contributed by atoms with Crippen LogP contribution in [0.3, 0.4) is 0 Å². The third kappa shape index (κ3) is 2.90. The topological polar surface area (TPSA) is 58.4 Å². The fourth-order valence-electron chi connectivity index (χ4n) is 4.34. The fraction of sp³-hybridized carbons (Fsp3) is 0.227. The van der Waals surface area contributed by atoms with E-state index in [9.17, 15) is 14.0 Å². The summed E-state index contributed by atoms with van der Waals surface area (Å²) in [6.07, 6.45) is 3.58. The van der Waals surface area contributed by atoms with Crippen LogP contribution in [0, 0.1) is 5.82 Å². The molecule has 0 aliphatic carbocycles. The molecule has 2 aliphatic rings. The number of rotatable bonds is 3. The van der Waals surface area contributed by atoms with Crippen molar-refractivity contribution in [2.24, 2.45) is 0 Å². The highest BCUT2D eigenvalue weighted by molar-refractivity contribution is 5.96. The number of hydrogen-bond acceptors (Lipinski definition) is 3. The Morgan fingerprint density at radius 1 is 1.03 bits per heavy atom. The normalized spacial score (nSPS) is 20.5. The number of aromatic nitrogens is 2. The maximum absolute atomic E-state index is 14.2. The second kappa shape index (κ2) is 6.84. The summed E-state index contributed by atoms with van der Waals surface area (Å²) in [6.45, 7) is 1.15. The predicted molar refractivity (Wildman–Crippen MR) is 104 cm³/mol. The first-order chi connectivity index (χ1) is 14.1. The van der Waals surface area contributed by atoms with E-state index in [2.05, 4.69) is 4.98 Å². The summed E-state index contributed by atoms with van der Waals surface area (Å²) >= 11 is 0. The molecule has 146 valence electrons. The zero-order chi connectivity index (χ0) is 20.0. The van der Waals surface area contributed by atoms with Gasteiger partial charge in [-0.3, -0.25) is 14.6 Å². The smallest absolute Gasteiger partial charge is 0.271 e. The average Bonchev–Trinajstić information content (AvgIpc) is 3.39. The van der Waals surface area contributed by atoms with E-state index in [1.165, 1.54) is 12.1 Å². The minimum Gasteiger partial charge on any atom is -0.337 e. The molecule has 2 amide bonds. The molecule has 0 spiro atoms. The number of carbonyl (C=O) groups is 2. The van der Waals surface area contributed by atoms with Crippen molar-refractivity contribution in [1.29, 1.82) is 0 Å². The minimum atomic E-state index is -0.532. The Hall–Kier alpha value is -3.48. The summed E-state index contributed by atoms with van der Waals surface area (Å²) in [6, 6.07) is 15.0. The molecule has 0 unspecified atom stereocenters. The van der Waals surface area contributed by atoms with Gasteiger partial charge in [-0.2, -0.15) is 0 Å². The molecule has 4 heterocycles. The quantitative estimate of drug-likeness (QED) is 0.691. The van der Waals surface area contributed by atoms with Crippen molar-refractivity contribution in [3.8, 4) is 0 Å². The van der Waals surface area contributed by atoms with Crippen molar-refractivity contribution in [1.82, 2.24) is 19.4 Å². The highest BCUT2D eigenvalue weighted by Gasteiger charge is 2.46. The van der Waals surface area contributed by atoms with Gasteiger partial charge in [-0.05, 0) is 36.4 Å². The Balaban J connectivity index is 1.48. The van der Waals surface area contributed by atoms with E-state index in [4.69, 9.17) is 0 Å². The van der Waals surface area contributed by atoms with Gasteiger partial charge < -0.3 is 14.4 Å². The number of fused-ring (bicyclic) bond motifs is 3. The number of halogens is 1. The average molecular weight is 390 g/mol. The minimum absolute atomic E-state index is 0.0569. The molecule has 2 aliphatic heterocycles. The van der Waals surface area contributed by atoms with Gasteiger partial charge >= 0.3 is 0 Å². The molecule has 0 saturated carbocycles. The van der Waals surface area contributed by atoms with Gasteiger partial charge in [-0.1, -0.05) is 18.2 Å². The zero-order valence-electron chi connectivity index (χ0n) is 15.6. The van der Waals surface area contributed by atoms with E-state index in [1.54, 1.807) is 34.2 Å². The van der Waals surface area contributed by atoms with E-state index < -0.39 is 5.82 Å². The lowest BCUT2D eigenvalue weighted by Gasteiger charge is -2.37. The van der Waals surface area contributed by atoms with Crippen LogP contribution in [0.2, 0.25) is 0 Å². The van der Waals surface area contributed by atoms with Crippen LogP contribution in [0.5, 0.6) is 0 Å². The maximum Gasteiger partial charge on any atom is 0.271 e. The van der Waals surface area contributed by atoms with Crippen LogP contribution in [0.15, 0.2) is 67.0 Å². The molecule has 0 bridgehead atoms. The first-order valence-corrected chi connectivity index (χ1v) is 9.55. The Labute approximate surface area is 167 Å². The van der Waals surface area contributed by atoms with Crippen molar-refractivity contribution >= 4 is 11.8 Å². The SMILES string of the molecule is O=C(c1ccccc1F)N1C[C@@H]2[C@@H](C1)n1cccc1C(=O)N2Cc1ccccn1. The van der Waals surface area contributed by atoms with Gasteiger partial charge in [0.2, 0.25) is 0 Å². The van der Waals surface area contributed by atoms with Crippen molar-refractivity contribution in [2.75, 3.05) is 13.1 Å². The van der Waals surface area contributed by atoms with Crippen LogP contribution in [0.1, 0.15) is 32.6 Å². The van der Waals surface area contributed by atoms with Crippen molar-refractivity contribution in [3.05, 3.63) is 89.8 Å². The van der Waals surface area contributed by atoms with Crippen LogP contribution < -0.4 is 0 Å². The third-order valence-corrected chi connectivity index (χ3v) is 5.73. The van der Waals surface area contributed by atoms with Crippen molar-refractivity contribution in [3.63, 3.8) is 0 Å². The predicted octanol–water partition coefficient (Wildman–Crippen LogP) is 2.74. The summed E-state index contributed by atoms with van der Waals surface area (Å²) in [5.74, 6) is -0.964. The molecule has 0 radical (unpaired) electrons. The van der Waals surface area contributed by atoms with Gasteiger partial charge in [-0.15, -0.1) is 0 Å². The first kappa shape index (κ1) is 17.6. The van der Waals surface area contributed by atoms with Crippen LogP contribution >= 0.6 is 0 Å². The largest absolute Gasteiger partial charge is 0.337 e. The molecule has 6 nitrogen and oxygen atoms in total. The summed E-state index contributed by atoms with van der Waals surface area (Å²) in [4.78, 5) is 33.9. The fourth-order valence-corrected chi connectivity index (χ4v) is 4.34. The molecule has 0 N–H and O–H groups in total. The Morgan fingerprint density at radius 2 is 1.83 bits per heavy atom. The number of hydrogen-bond donors (Lipinski definition) is 0. The Kier molecular flexibility index (Phi) is 4.16. The molecule has 1 aromatic carbocycles. The van der Waals surface area contributed by atoms with Gasteiger partial charge in [0.25, 0.3) is 11.8 Å². The number of amides is 2. The summed E-state index contributed by atoms with van der Waals surface area (Å²) in [7, 11) is 0. The van der Waals surface area contributed by atoms with Gasteiger partial charge in [0.05, 0.1) is 29.9 Å². The highest BCUT2D eigenvalue weighted by Crippen LogP contribution is 2.35. The zero-order valence-corrected chi connectivity index (χ0v) is 15.6. The van der Waals surface area contributed by atoms with Gasteiger partial charge in [0.15, 0.2) is 0 Å². The van der Waals surface area contributed by atoms with Gasteiger partial charge in [-0.25, -0.2) is 4.39 Å². The molecule has 2 aromatic heterocycles. The van der Waals surface area contributed by atoms with E-state index in [0.717, 1.165) is 5.69 Å². The standard InChI is InChI=1S/C22H19FN4O2/c23-17-8-2-1-7-16(17)21(28)25-13-19-20(14-25)27(12-15-6-3-4-10-24-15)22(29)18-9-5-11-26(18)19/h1-11,19-20H,12-14H2/t19-,20-/m1/s1.